The fraction of sp³-hybridized carbons (Fsp3) is 0.240. The lowest BCUT2D eigenvalue weighted by Crippen LogP contribution is -2.29. The SMILES string of the molecule is C[C@H]1C[C@@H](C(=O)OCC(=O)c2ccc(NS(C)(=O)=O)cc2)n2c1cc(-c1c(N)ccc(Cl)c1F)cc2=O. The topological polar surface area (TPSA) is 138 Å². The molecule has 0 saturated heterocycles. The third kappa shape index (κ3) is 5.52. The van der Waals surface area contributed by atoms with Crippen LogP contribution in [0.4, 0.5) is 15.8 Å². The van der Waals surface area contributed by atoms with E-state index in [1.54, 1.807) is 6.07 Å². The molecule has 2 aromatic carbocycles. The first-order chi connectivity index (χ1) is 17.4. The highest BCUT2D eigenvalue weighted by Gasteiger charge is 2.36. The zero-order valence-corrected chi connectivity index (χ0v) is 21.4. The highest BCUT2D eigenvalue weighted by Crippen LogP contribution is 2.39. The number of ether oxygens (including phenoxy) is 1. The van der Waals surface area contributed by atoms with Crippen molar-refractivity contribution in [2.75, 3.05) is 23.3 Å². The summed E-state index contributed by atoms with van der Waals surface area (Å²) in [5.74, 6) is -2.23. The summed E-state index contributed by atoms with van der Waals surface area (Å²) >= 11 is 5.89. The summed E-state index contributed by atoms with van der Waals surface area (Å²) in [5, 5.41) is -0.134. The van der Waals surface area contributed by atoms with Gasteiger partial charge < -0.3 is 10.5 Å². The van der Waals surface area contributed by atoms with Gasteiger partial charge in [0.2, 0.25) is 10.0 Å². The summed E-state index contributed by atoms with van der Waals surface area (Å²) in [4.78, 5) is 38.3. The predicted octanol–water partition coefficient (Wildman–Crippen LogP) is 3.74. The molecule has 0 unspecified atom stereocenters. The molecule has 1 aromatic heterocycles. The number of Topliss-reactive ketones (excluding diaryl/α,β-unsaturated/α-hetero) is 1. The first kappa shape index (κ1) is 26.4. The molecule has 0 fully saturated rings. The zero-order chi connectivity index (χ0) is 27.1. The van der Waals surface area contributed by atoms with Gasteiger partial charge in [0, 0.05) is 34.3 Å². The van der Waals surface area contributed by atoms with Gasteiger partial charge in [-0.05, 0) is 60.4 Å². The van der Waals surface area contributed by atoms with Crippen LogP contribution in [0.1, 0.15) is 41.4 Å². The number of hydrogen-bond acceptors (Lipinski definition) is 7. The molecule has 2 atom stereocenters. The molecular formula is C25H23ClFN3O6S. The second-order valence-electron chi connectivity index (χ2n) is 8.84. The summed E-state index contributed by atoms with van der Waals surface area (Å²) in [5.41, 5.74) is 6.77. The number of halogens is 2. The van der Waals surface area contributed by atoms with Crippen LogP contribution in [-0.4, -0.2) is 37.6 Å². The summed E-state index contributed by atoms with van der Waals surface area (Å²) < 4.78 is 46.1. The Bertz CT molecular complexity index is 1570. The van der Waals surface area contributed by atoms with Crippen molar-refractivity contribution in [1.29, 1.82) is 0 Å². The molecule has 1 aliphatic heterocycles. The van der Waals surface area contributed by atoms with Gasteiger partial charge in [0.1, 0.15) is 6.04 Å². The van der Waals surface area contributed by atoms with Crippen molar-refractivity contribution in [3.05, 3.63) is 81.0 Å². The van der Waals surface area contributed by atoms with E-state index in [1.807, 2.05) is 6.92 Å². The first-order valence-corrected chi connectivity index (χ1v) is 13.4. The van der Waals surface area contributed by atoms with Crippen molar-refractivity contribution in [1.82, 2.24) is 4.57 Å². The minimum Gasteiger partial charge on any atom is -0.456 e. The number of carbonyl (C=O) groups excluding carboxylic acids is 2. The Morgan fingerprint density at radius 3 is 2.51 bits per heavy atom. The smallest absolute Gasteiger partial charge is 0.329 e. The van der Waals surface area contributed by atoms with E-state index in [9.17, 15) is 27.2 Å². The Kier molecular flexibility index (Phi) is 7.11. The number of nitrogens with zero attached hydrogens (tertiary/aromatic N) is 1. The monoisotopic (exact) mass is 547 g/mol. The molecule has 0 amide bonds. The van der Waals surface area contributed by atoms with Crippen molar-refractivity contribution in [3.8, 4) is 11.1 Å². The van der Waals surface area contributed by atoms with Gasteiger partial charge in [0.15, 0.2) is 18.2 Å². The standard InChI is InChI=1S/C25H23ClFN3O6S/c1-13-9-20(25(33)36-12-21(31)14-3-5-16(6-4-14)29-37(2,34)35)30-19(13)10-15(11-22(30)32)23-18(28)8-7-17(26)24(23)27/h3-8,10-11,13,20,29H,9,12,28H2,1-2H3/t13-,20-/m0/s1. The molecule has 37 heavy (non-hydrogen) atoms. The molecule has 3 N–H and O–H groups in total. The quantitative estimate of drug-likeness (QED) is 0.261. The minimum absolute atomic E-state index is 0.00887. The number of pyridine rings is 1. The van der Waals surface area contributed by atoms with E-state index in [4.69, 9.17) is 22.1 Å². The van der Waals surface area contributed by atoms with E-state index in [1.165, 1.54) is 47.0 Å². The van der Waals surface area contributed by atoms with Crippen LogP contribution in [0, 0.1) is 5.82 Å². The molecule has 4 rings (SSSR count). The van der Waals surface area contributed by atoms with Gasteiger partial charge in [0.25, 0.3) is 5.56 Å². The van der Waals surface area contributed by atoms with Crippen LogP contribution in [0.3, 0.4) is 0 Å². The largest absolute Gasteiger partial charge is 0.456 e. The number of esters is 1. The van der Waals surface area contributed by atoms with E-state index in [0.717, 1.165) is 6.26 Å². The van der Waals surface area contributed by atoms with Crippen molar-refractivity contribution in [3.63, 3.8) is 0 Å². The highest BCUT2D eigenvalue weighted by atomic mass is 35.5. The van der Waals surface area contributed by atoms with Gasteiger partial charge in [-0.3, -0.25) is 18.9 Å². The number of nitrogen functional groups attached to an aromatic ring is 1. The van der Waals surface area contributed by atoms with Gasteiger partial charge in [-0.15, -0.1) is 0 Å². The van der Waals surface area contributed by atoms with Crippen LogP contribution in [0.25, 0.3) is 11.1 Å². The Morgan fingerprint density at radius 2 is 1.86 bits per heavy atom. The highest BCUT2D eigenvalue weighted by molar-refractivity contribution is 7.92. The molecule has 0 aliphatic carbocycles. The van der Waals surface area contributed by atoms with Crippen LogP contribution in [0.15, 0.2) is 53.3 Å². The second kappa shape index (κ2) is 9.98. The molecule has 1 aliphatic rings. The lowest BCUT2D eigenvalue weighted by Gasteiger charge is -2.15. The summed E-state index contributed by atoms with van der Waals surface area (Å²) in [6.45, 7) is 1.26. The zero-order valence-electron chi connectivity index (χ0n) is 19.8. The Labute approximate surface area is 217 Å². The van der Waals surface area contributed by atoms with Crippen LogP contribution in [0.2, 0.25) is 5.02 Å². The number of ketones is 1. The maximum absolute atomic E-state index is 14.7. The molecular weight excluding hydrogens is 525 g/mol. The summed E-state index contributed by atoms with van der Waals surface area (Å²) in [7, 11) is -3.46. The Balaban J connectivity index is 1.51. The summed E-state index contributed by atoms with van der Waals surface area (Å²) in [6, 6.07) is 10.2. The molecule has 0 spiro atoms. The second-order valence-corrected chi connectivity index (χ2v) is 11.0. The van der Waals surface area contributed by atoms with Gasteiger partial charge in [-0.2, -0.15) is 0 Å². The van der Waals surface area contributed by atoms with Gasteiger partial charge in [-0.1, -0.05) is 18.5 Å². The number of aromatic nitrogens is 1. The van der Waals surface area contributed by atoms with E-state index in [-0.39, 0.29) is 45.4 Å². The third-order valence-electron chi connectivity index (χ3n) is 6.03. The molecule has 2 heterocycles. The van der Waals surface area contributed by atoms with E-state index >= 15 is 0 Å². The number of sulfonamides is 1. The molecule has 194 valence electrons. The number of rotatable bonds is 7. The predicted molar refractivity (Wildman–Crippen MR) is 138 cm³/mol. The normalized spacial score (nSPS) is 16.8. The van der Waals surface area contributed by atoms with Crippen LogP contribution in [0.5, 0.6) is 0 Å². The minimum atomic E-state index is -3.46. The lowest BCUT2D eigenvalue weighted by atomic mass is 9.99. The van der Waals surface area contributed by atoms with E-state index < -0.39 is 45.8 Å². The van der Waals surface area contributed by atoms with Gasteiger partial charge >= 0.3 is 5.97 Å². The Morgan fingerprint density at radius 1 is 1.19 bits per heavy atom. The third-order valence-corrected chi connectivity index (χ3v) is 6.93. The van der Waals surface area contributed by atoms with E-state index in [0.29, 0.717) is 5.69 Å². The van der Waals surface area contributed by atoms with E-state index in [2.05, 4.69) is 4.72 Å². The van der Waals surface area contributed by atoms with Crippen molar-refractivity contribution >= 4 is 44.8 Å². The molecule has 0 radical (unpaired) electrons. The van der Waals surface area contributed by atoms with Crippen molar-refractivity contribution in [2.45, 2.75) is 25.3 Å². The number of nitrogens with one attached hydrogen (secondary N) is 1. The molecule has 0 bridgehead atoms. The van der Waals surface area contributed by atoms with Crippen LogP contribution < -0.4 is 16.0 Å². The average molecular weight is 548 g/mol. The number of fused-ring (bicyclic) bond motifs is 1. The van der Waals surface area contributed by atoms with Gasteiger partial charge in [0.05, 0.1) is 11.3 Å². The van der Waals surface area contributed by atoms with Crippen molar-refractivity contribution < 1.29 is 27.1 Å². The maximum atomic E-state index is 14.7. The fourth-order valence-electron chi connectivity index (χ4n) is 4.33. The number of hydrogen-bond donors (Lipinski definition) is 2. The van der Waals surface area contributed by atoms with Crippen LogP contribution in [-0.2, 0) is 19.6 Å². The number of nitrogens with two attached hydrogens (primary N) is 1. The molecule has 0 saturated carbocycles. The number of benzene rings is 2. The molecule has 12 heteroatoms. The van der Waals surface area contributed by atoms with Crippen LogP contribution >= 0.6 is 11.6 Å². The maximum Gasteiger partial charge on any atom is 0.329 e. The molecule has 9 nitrogen and oxygen atoms in total. The average Bonchev–Trinajstić information content (AvgIpc) is 3.16. The summed E-state index contributed by atoms with van der Waals surface area (Å²) in [6.07, 6.45) is 1.26. The fourth-order valence-corrected chi connectivity index (χ4v) is 5.06. The molecule has 3 aromatic rings. The first-order valence-electron chi connectivity index (χ1n) is 11.1. The lowest BCUT2D eigenvalue weighted by molar-refractivity contribution is -0.146. The number of carbonyl (C=O) groups is 2. The van der Waals surface area contributed by atoms with Crippen molar-refractivity contribution in [2.24, 2.45) is 0 Å². The van der Waals surface area contributed by atoms with Gasteiger partial charge in [-0.25, -0.2) is 17.6 Å². The number of anilines is 2. The Hall–Kier alpha value is -3.70.